The average molecular weight is 334 g/mol. The van der Waals surface area contributed by atoms with Gasteiger partial charge in [0.2, 0.25) is 5.91 Å². The van der Waals surface area contributed by atoms with E-state index < -0.39 is 0 Å². The lowest BCUT2D eigenvalue weighted by molar-refractivity contribution is -0.137. The van der Waals surface area contributed by atoms with Crippen LogP contribution < -0.4 is 0 Å². The highest BCUT2D eigenvalue weighted by molar-refractivity contribution is 5.91. The molecule has 0 saturated carbocycles. The number of amides is 2. The minimum Gasteiger partial charge on any atom is -0.459 e. The first-order chi connectivity index (χ1) is 11.7. The van der Waals surface area contributed by atoms with Crippen molar-refractivity contribution in [2.75, 3.05) is 39.4 Å². The Morgan fingerprint density at radius 2 is 1.96 bits per heavy atom. The van der Waals surface area contributed by atoms with E-state index >= 15 is 0 Å². The molecule has 132 valence electrons. The largest absolute Gasteiger partial charge is 0.459 e. The number of hydrogen-bond acceptors (Lipinski definition) is 4. The van der Waals surface area contributed by atoms with Gasteiger partial charge in [-0.05, 0) is 30.4 Å². The molecule has 2 amide bonds. The zero-order chi connectivity index (χ0) is 16.9. The summed E-state index contributed by atoms with van der Waals surface area (Å²) in [6, 6.07) is 3.44. The molecule has 2 aliphatic rings. The van der Waals surface area contributed by atoms with Gasteiger partial charge in [0, 0.05) is 32.6 Å². The Morgan fingerprint density at radius 3 is 2.62 bits per heavy atom. The van der Waals surface area contributed by atoms with Crippen LogP contribution in [-0.4, -0.2) is 61.0 Å². The monoisotopic (exact) mass is 334 g/mol. The summed E-state index contributed by atoms with van der Waals surface area (Å²) >= 11 is 0. The van der Waals surface area contributed by atoms with Gasteiger partial charge in [-0.3, -0.25) is 9.59 Å². The molecule has 0 unspecified atom stereocenters. The highest BCUT2D eigenvalue weighted by Crippen LogP contribution is 2.30. The van der Waals surface area contributed by atoms with Crippen LogP contribution in [0.2, 0.25) is 0 Å². The maximum atomic E-state index is 12.5. The molecule has 3 heterocycles. The lowest BCUT2D eigenvalue weighted by Gasteiger charge is -2.38. The highest BCUT2D eigenvalue weighted by atomic mass is 16.5. The molecule has 1 aromatic heterocycles. The SMILES string of the molecule is CC[C@H]1CN(C(=O)c2ccco2)CC[C@H]1CC(=O)N1CCOCC1. The van der Waals surface area contributed by atoms with E-state index in [1.165, 1.54) is 6.26 Å². The van der Waals surface area contributed by atoms with Crippen molar-refractivity contribution in [2.24, 2.45) is 11.8 Å². The molecule has 0 spiro atoms. The normalized spacial score (nSPS) is 24.9. The summed E-state index contributed by atoms with van der Waals surface area (Å²) in [6.07, 6.45) is 3.96. The van der Waals surface area contributed by atoms with Crippen LogP contribution in [0.3, 0.4) is 0 Å². The van der Waals surface area contributed by atoms with Crippen molar-refractivity contribution in [2.45, 2.75) is 26.2 Å². The van der Waals surface area contributed by atoms with Gasteiger partial charge in [0.25, 0.3) is 5.91 Å². The Bertz CT molecular complexity index is 551. The zero-order valence-electron chi connectivity index (χ0n) is 14.3. The van der Waals surface area contributed by atoms with Crippen molar-refractivity contribution >= 4 is 11.8 Å². The third-order valence-electron chi connectivity index (χ3n) is 5.24. The molecular weight excluding hydrogens is 308 g/mol. The Balaban J connectivity index is 1.56. The van der Waals surface area contributed by atoms with Crippen LogP contribution in [0.5, 0.6) is 0 Å². The molecule has 6 heteroatoms. The van der Waals surface area contributed by atoms with E-state index in [0.29, 0.717) is 63.4 Å². The third kappa shape index (κ3) is 3.80. The van der Waals surface area contributed by atoms with Gasteiger partial charge in [0.15, 0.2) is 5.76 Å². The van der Waals surface area contributed by atoms with Crippen LogP contribution in [0.15, 0.2) is 22.8 Å². The van der Waals surface area contributed by atoms with Crippen LogP contribution in [0.4, 0.5) is 0 Å². The smallest absolute Gasteiger partial charge is 0.289 e. The molecule has 0 aromatic carbocycles. The van der Waals surface area contributed by atoms with E-state index in [1.54, 1.807) is 12.1 Å². The Labute approximate surface area is 142 Å². The summed E-state index contributed by atoms with van der Waals surface area (Å²) in [7, 11) is 0. The number of carbonyl (C=O) groups excluding carboxylic acids is 2. The second kappa shape index (κ2) is 7.83. The maximum absolute atomic E-state index is 12.5. The first-order valence-corrected chi connectivity index (χ1v) is 8.87. The second-order valence-electron chi connectivity index (χ2n) is 6.64. The van der Waals surface area contributed by atoms with Crippen LogP contribution in [0.25, 0.3) is 0 Å². The molecule has 6 nitrogen and oxygen atoms in total. The molecular formula is C18H26N2O4. The number of hydrogen-bond donors (Lipinski definition) is 0. The molecule has 0 aliphatic carbocycles. The summed E-state index contributed by atoms with van der Waals surface area (Å²) in [5, 5.41) is 0. The molecule has 0 N–H and O–H groups in total. The number of rotatable bonds is 4. The van der Waals surface area contributed by atoms with Crippen molar-refractivity contribution in [1.82, 2.24) is 9.80 Å². The van der Waals surface area contributed by atoms with E-state index in [2.05, 4.69) is 6.92 Å². The van der Waals surface area contributed by atoms with E-state index in [0.717, 1.165) is 12.8 Å². The lowest BCUT2D eigenvalue weighted by atomic mass is 9.81. The number of likely N-dealkylation sites (tertiary alicyclic amines) is 1. The molecule has 2 atom stereocenters. The standard InChI is InChI=1S/C18H26N2O4/c1-2-14-13-20(18(22)16-4-3-9-24-16)6-5-15(14)12-17(21)19-7-10-23-11-8-19/h3-4,9,14-15H,2,5-8,10-13H2,1H3/t14-,15-/m0/s1. The van der Waals surface area contributed by atoms with Crippen LogP contribution in [-0.2, 0) is 9.53 Å². The Kier molecular flexibility index (Phi) is 5.56. The average Bonchev–Trinajstić information content (AvgIpc) is 3.16. The first-order valence-electron chi connectivity index (χ1n) is 8.87. The number of piperidine rings is 1. The van der Waals surface area contributed by atoms with Crippen LogP contribution in [0.1, 0.15) is 36.7 Å². The van der Waals surface area contributed by atoms with E-state index in [4.69, 9.17) is 9.15 Å². The van der Waals surface area contributed by atoms with Crippen molar-refractivity contribution in [1.29, 1.82) is 0 Å². The lowest BCUT2D eigenvalue weighted by Crippen LogP contribution is -2.46. The number of nitrogens with zero attached hydrogens (tertiary/aromatic N) is 2. The summed E-state index contributed by atoms with van der Waals surface area (Å²) in [4.78, 5) is 28.7. The van der Waals surface area contributed by atoms with Gasteiger partial charge in [0.1, 0.15) is 0 Å². The van der Waals surface area contributed by atoms with Gasteiger partial charge in [-0.25, -0.2) is 0 Å². The highest BCUT2D eigenvalue weighted by Gasteiger charge is 2.33. The molecule has 2 fully saturated rings. The maximum Gasteiger partial charge on any atom is 0.289 e. The zero-order valence-corrected chi connectivity index (χ0v) is 14.3. The molecule has 0 bridgehead atoms. The van der Waals surface area contributed by atoms with Gasteiger partial charge in [0.05, 0.1) is 19.5 Å². The Morgan fingerprint density at radius 1 is 1.17 bits per heavy atom. The van der Waals surface area contributed by atoms with Gasteiger partial charge in [-0.15, -0.1) is 0 Å². The van der Waals surface area contributed by atoms with Gasteiger partial charge in [-0.2, -0.15) is 0 Å². The van der Waals surface area contributed by atoms with Crippen molar-refractivity contribution in [3.05, 3.63) is 24.2 Å². The summed E-state index contributed by atoms with van der Waals surface area (Å²) in [6.45, 7) is 6.21. The molecule has 1 aromatic rings. The number of carbonyl (C=O) groups is 2. The molecule has 2 saturated heterocycles. The minimum absolute atomic E-state index is 0.0450. The molecule has 3 rings (SSSR count). The van der Waals surface area contributed by atoms with Crippen LogP contribution in [0, 0.1) is 11.8 Å². The van der Waals surface area contributed by atoms with Crippen molar-refractivity contribution in [3.8, 4) is 0 Å². The number of ether oxygens (including phenoxy) is 1. The number of morpholine rings is 1. The molecule has 24 heavy (non-hydrogen) atoms. The van der Waals surface area contributed by atoms with Crippen molar-refractivity contribution in [3.63, 3.8) is 0 Å². The molecule has 0 radical (unpaired) electrons. The summed E-state index contributed by atoms with van der Waals surface area (Å²) in [5.74, 6) is 1.30. The van der Waals surface area contributed by atoms with Crippen molar-refractivity contribution < 1.29 is 18.7 Å². The van der Waals surface area contributed by atoms with E-state index in [9.17, 15) is 9.59 Å². The minimum atomic E-state index is -0.0450. The predicted molar refractivity (Wildman–Crippen MR) is 88.5 cm³/mol. The third-order valence-corrected chi connectivity index (χ3v) is 5.24. The van der Waals surface area contributed by atoms with E-state index in [-0.39, 0.29) is 11.8 Å². The molecule has 2 aliphatic heterocycles. The quantitative estimate of drug-likeness (QED) is 0.845. The van der Waals surface area contributed by atoms with Gasteiger partial charge < -0.3 is 19.0 Å². The summed E-state index contributed by atoms with van der Waals surface area (Å²) < 4.78 is 10.5. The summed E-state index contributed by atoms with van der Waals surface area (Å²) in [5.41, 5.74) is 0. The number of furan rings is 1. The van der Waals surface area contributed by atoms with Gasteiger partial charge >= 0.3 is 0 Å². The predicted octanol–water partition coefficient (Wildman–Crippen LogP) is 2.02. The fourth-order valence-corrected chi connectivity index (χ4v) is 3.72. The topological polar surface area (TPSA) is 63.0 Å². The first kappa shape index (κ1) is 17.0. The Hall–Kier alpha value is -1.82. The fourth-order valence-electron chi connectivity index (χ4n) is 3.72. The second-order valence-corrected chi connectivity index (χ2v) is 6.64. The fraction of sp³-hybridized carbons (Fsp3) is 0.667. The van der Waals surface area contributed by atoms with Gasteiger partial charge in [-0.1, -0.05) is 13.3 Å². The van der Waals surface area contributed by atoms with Crippen LogP contribution >= 0.6 is 0 Å². The van der Waals surface area contributed by atoms with E-state index in [1.807, 2.05) is 9.80 Å².